The van der Waals surface area contributed by atoms with Crippen LogP contribution in [-0.2, 0) is 19.5 Å². The van der Waals surface area contributed by atoms with Crippen molar-refractivity contribution < 1.29 is 0 Å². The van der Waals surface area contributed by atoms with Crippen LogP contribution < -0.4 is 0 Å². The molecule has 33 heavy (non-hydrogen) atoms. The van der Waals surface area contributed by atoms with Crippen molar-refractivity contribution in [1.29, 1.82) is 0 Å². The van der Waals surface area contributed by atoms with Crippen molar-refractivity contribution in [3.05, 3.63) is 82.4 Å². The average molecular weight is 457 g/mol. The summed E-state index contributed by atoms with van der Waals surface area (Å²) in [5, 5.41) is 2.05. The number of benzene rings is 2. The van der Waals surface area contributed by atoms with E-state index in [2.05, 4.69) is 52.5 Å². The van der Waals surface area contributed by atoms with Gasteiger partial charge in [0.2, 0.25) is 0 Å². The van der Waals surface area contributed by atoms with Crippen LogP contribution in [0.3, 0.4) is 0 Å². The lowest BCUT2D eigenvalue weighted by atomic mass is 9.88. The number of aromatic nitrogens is 3. The van der Waals surface area contributed by atoms with Gasteiger partial charge in [-0.3, -0.25) is 4.90 Å². The van der Waals surface area contributed by atoms with E-state index in [0.717, 1.165) is 36.9 Å². The van der Waals surface area contributed by atoms with E-state index in [4.69, 9.17) is 21.6 Å². The van der Waals surface area contributed by atoms with E-state index in [0.29, 0.717) is 5.92 Å². The molecule has 0 spiro atoms. The normalized spacial score (nSPS) is 17.4. The quantitative estimate of drug-likeness (QED) is 0.364. The number of halogens is 1. The number of rotatable bonds is 4. The first kappa shape index (κ1) is 20.9. The maximum Gasteiger partial charge on any atom is 0.131 e. The van der Waals surface area contributed by atoms with Crippen molar-refractivity contribution in [2.45, 2.75) is 57.5 Å². The Balaban J connectivity index is 1.27. The van der Waals surface area contributed by atoms with E-state index >= 15 is 0 Å². The van der Waals surface area contributed by atoms with Crippen LogP contribution in [0.2, 0.25) is 5.02 Å². The van der Waals surface area contributed by atoms with Gasteiger partial charge in [0.1, 0.15) is 5.82 Å². The largest absolute Gasteiger partial charge is 0.354 e. The molecule has 4 nitrogen and oxygen atoms in total. The van der Waals surface area contributed by atoms with E-state index in [1.807, 2.05) is 12.1 Å². The van der Waals surface area contributed by atoms with Gasteiger partial charge < -0.3 is 4.98 Å². The summed E-state index contributed by atoms with van der Waals surface area (Å²) in [6.07, 6.45) is 9.60. The molecule has 3 heterocycles. The maximum absolute atomic E-state index is 6.15. The highest BCUT2D eigenvalue weighted by molar-refractivity contribution is 6.30. The van der Waals surface area contributed by atoms with Gasteiger partial charge in [-0.05, 0) is 42.2 Å². The topological polar surface area (TPSA) is 44.8 Å². The lowest BCUT2D eigenvalue weighted by molar-refractivity contribution is 0.243. The van der Waals surface area contributed by atoms with Crippen molar-refractivity contribution in [3.63, 3.8) is 0 Å². The summed E-state index contributed by atoms with van der Waals surface area (Å²) in [5.74, 6) is 1.65. The Hall–Kier alpha value is -2.69. The van der Waals surface area contributed by atoms with Gasteiger partial charge in [-0.2, -0.15) is 0 Å². The number of H-pyrrole nitrogens is 1. The first-order valence-corrected chi connectivity index (χ1v) is 12.5. The van der Waals surface area contributed by atoms with Crippen LogP contribution in [0.15, 0.2) is 54.7 Å². The van der Waals surface area contributed by atoms with Crippen LogP contribution in [0.4, 0.5) is 0 Å². The Morgan fingerprint density at radius 1 is 1.00 bits per heavy atom. The van der Waals surface area contributed by atoms with Crippen molar-refractivity contribution in [1.82, 2.24) is 19.9 Å². The third-order valence-electron chi connectivity index (χ3n) is 7.33. The Labute approximate surface area is 200 Å². The molecule has 2 aromatic heterocycles. The number of hydrogen-bond donors (Lipinski definition) is 1. The molecule has 168 valence electrons. The molecule has 0 bridgehead atoms. The fourth-order valence-electron chi connectivity index (χ4n) is 5.53. The highest BCUT2D eigenvalue weighted by Gasteiger charge is 2.24. The third-order valence-corrected chi connectivity index (χ3v) is 7.58. The Kier molecular flexibility index (Phi) is 5.65. The fourth-order valence-corrected chi connectivity index (χ4v) is 5.66. The van der Waals surface area contributed by atoms with Gasteiger partial charge in [-0.15, -0.1) is 0 Å². The van der Waals surface area contributed by atoms with Gasteiger partial charge in [0.15, 0.2) is 0 Å². The summed E-state index contributed by atoms with van der Waals surface area (Å²) < 4.78 is 0. The van der Waals surface area contributed by atoms with Gasteiger partial charge in [-0.1, -0.05) is 61.2 Å². The summed E-state index contributed by atoms with van der Waals surface area (Å²) >= 11 is 6.15. The monoisotopic (exact) mass is 456 g/mol. The van der Waals surface area contributed by atoms with Gasteiger partial charge in [0.25, 0.3) is 0 Å². The zero-order chi connectivity index (χ0) is 22.2. The van der Waals surface area contributed by atoms with Crippen LogP contribution in [0.25, 0.3) is 22.2 Å². The van der Waals surface area contributed by atoms with Crippen LogP contribution in [-0.4, -0.2) is 26.4 Å². The molecule has 0 radical (unpaired) electrons. The molecule has 2 aromatic carbocycles. The Bertz CT molecular complexity index is 1270. The number of hydrogen-bond acceptors (Lipinski definition) is 3. The predicted molar refractivity (Wildman–Crippen MR) is 134 cm³/mol. The molecule has 0 atom stereocenters. The zero-order valence-corrected chi connectivity index (χ0v) is 19.6. The Morgan fingerprint density at radius 3 is 2.67 bits per heavy atom. The standard InChI is InChI=1S/C28H29ClN4/c29-22-12-10-19(11-13-22)27-24(23-8-4-5-9-26(23)31-27)18-33-15-14-25-21(17-33)16-30-28(32-25)20-6-2-1-3-7-20/h4-5,8-13,16,20,31H,1-3,6-7,14-15,17-18H2. The summed E-state index contributed by atoms with van der Waals surface area (Å²) in [7, 11) is 0. The summed E-state index contributed by atoms with van der Waals surface area (Å²) in [5.41, 5.74) is 7.42. The highest BCUT2D eigenvalue weighted by Crippen LogP contribution is 2.34. The molecular formula is C28H29ClN4. The van der Waals surface area contributed by atoms with Gasteiger partial charge in [0.05, 0.1) is 5.69 Å². The molecule has 2 aliphatic rings. The minimum Gasteiger partial charge on any atom is -0.354 e. The van der Waals surface area contributed by atoms with Crippen molar-refractivity contribution in [2.24, 2.45) is 0 Å². The SMILES string of the molecule is Clc1ccc(-c2[nH]c3ccccc3c2CN2CCc3nc(C4CCCCC4)ncc3C2)cc1. The summed E-state index contributed by atoms with van der Waals surface area (Å²) in [4.78, 5) is 16.0. The average Bonchev–Trinajstić information content (AvgIpc) is 3.23. The minimum atomic E-state index is 0.565. The van der Waals surface area contributed by atoms with Crippen LogP contribution in [0.5, 0.6) is 0 Å². The first-order valence-electron chi connectivity index (χ1n) is 12.2. The zero-order valence-electron chi connectivity index (χ0n) is 18.9. The van der Waals surface area contributed by atoms with Gasteiger partial charge in [-0.25, -0.2) is 9.97 Å². The third kappa shape index (κ3) is 4.18. The second kappa shape index (κ2) is 8.92. The molecule has 1 N–H and O–H groups in total. The minimum absolute atomic E-state index is 0.565. The molecule has 1 aliphatic heterocycles. The van der Waals surface area contributed by atoms with Crippen LogP contribution in [0.1, 0.15) is 60.7 Å². The van der Waals surface area contributed by atoms with Gasteiger partial charge >= 0.3 is 0 Å². The number of nitrogens with one attached hydrogen (secondary N) is 1. The van der Waals surface area contributed by atoms with E-state index in [1.165, 1.54) is 71.1 Å². The van der Waals surface area contributed by atoms with E-state index < -0.39 is 0 Å². The number of aromatic amines is 1. The molecule has 0 saturated heterocycles. The smallest absolute Gasteiger partial charge is 0.131 e. The molecule has 5 heteroatoms. The number of para-hydroxylation sites is 1. The molecule has 6 rings (SSSR count). The summed E-state index contributed by atoms with van der Waals surface area (Å²) in [6, 6.07) is 16.7. The molecular weight excluding hydrogens is 428 g/mol. The van der Waals surface area contributed by atoms with E-state index in [1.54, 1.807) is 0 Å². The summed E-state index contributed by atoms with van der Waals surface area (Å²) in [6.45, 7) is 2.82. The van der Waals surface area contributed by atoms with Crippen molar-refractivity contribution >= 4 is 22.5 Å². The van der Waals surface area contributed by atoms with E-state index in [-0.39, 0.29) is 0 Å². The molecule has 0 unspecified atom stereocenters. The van der Waals surface area contributed by atoms with Crippen molar-refractivity contribution in [2.75, 3.05) is 6.54 Å². The van der Waals surface area contributed by atoms with Crippen LogP contribution >= 0.6 is 11.6 Å². The van der Waals surface area contributed by atoms with Crippen LogP contribution in [0, 0.1) is 0 Å². The number of fused-ring (bicyclic) bond motifs is 2. The van der Waals surface area contributed by atoms with Gasteiger partial charge in [0, 0.05) is 65.4 Å². The fraction of sp³-hybridized carbons (Fsp3) is 0.357. The molecule has 1 aliphatic carbocycles. The predicted octanol–water partition coefficient (Wildman–Crippen LogP) is 6.88. The number of nitrogens with zero attached hydrogens (tertiary/aromatic N) is 3. The Morgan fingerprint density at radius 2 is 1.82 bits per heavy atom. The molecule has 4 aromatic rings. The molecule has 0 amide bonds. The first-order chi connectivity index (χ1) is 16.2. The lowest BCUT2D eigenvalue weighted by Crippen LogP contribution is -2.31. The molecule has 1 fully saturated rings. The highest BCUT2D eigenvalue weighted by atomic mass is 35.5. The second-order valence-electron chi connectivity index (χ2n) is 9.53. The van der Waals surface area contributed by atoms with Crippen molar-refractivity contribution in [3.8, 4) is 11.3 Å². The lowest BCUT2D eigenvalue weighted by Gasteiger charge is -2.29. The molecule has 1 saturated carbocycles. The van der Waals surface area contributed by atoms with E-state index in [9.17, 15) is 0 Å². The second-order valence-corrected chi connectivity index (χ2v) is 9.96. The maximum atomic E-state index is 6.15.